The number of benzene rings is 4. The molecule has 11 nitrogen and oxygen atoms in total. The van der Waals surface area contributed by atoms with Crippen LogP contribution >= 0.6 is 0 Å². The van der Waals surface area contributed by atoms with Crippen LogP contribution in [0.25, 0.3) is 43.5 Å². The lowest BCUT2D eigenvalue weighted by atomic mass is 9.92. The molecule has 1 aliphatic rings. The van der Waals surface area contributed by atoms with E-state index in [-0.39, 0.29) is 30.4 Å². The number of carbonyl (C=O) groups is 1. The first-order valence-electron chi connectivity index (χ1n) is 12.6. The molecular formula is C28H24N6O5. The fourth-order valence-corrected chi connectivity index (χ4v) is 5.58. The quantitative estimate of drug-likeness (QED) is 0.215. The average Bonchev–Trinajstić information content (AvgIpc) is 3.52. The molecule has 3 atom stereocenters. The maximum atomic E-state index is 12.9. The lowest BCUT2D eigenvalue weighted by molar-refractivity contribution is -0.114. The number of aromatic amines is 1. The lowest BCUT2D eigenvalue weighted by Crippen LogP contribution is -2.24. The largest absolute Gasteiger partial charge is 0.394 e. The summed E-state index contributed by atoms with van der Waals surface area (Å²) in [6, 6.07) is 15.9. The van der Waals surface area contributed by atoms with Crippen LogP contribution in [0.3, 0.4) is 0 Å². The summed E-state index contributed by atoms with van der Waals surface area (Å²) in [7, 11) is 0. The minimum atomic E-state index is -0.833. The van der Waals surface area contributed by atoms with Crippen molar-refractivity contribution in [2.24, 2.45) is 0 Å². The topological polar surface area (TPSA) is 154 Å². The zero-order valence-electron chi connectivity index (χ0n) is 20.8. The van der Waals surface area contributed by atoms with Gasteiger partial charge in [0.05, 0.1) is 19.0 Å². The number of H-pyrrole nitrogens is 1. The number of anilines is 3. The number of rotatable bonds is 5. The molecule has 0 saturated carbocycles. The Kier molecular flexibility index (Phi) is 5.27. The van der Waals surface area contributed by atoms with Gasteiger partial charge in [0.2, 0.25) is 11.9 Å². The molecule has 6 aromatic rings. The van der Waals surface area contributed by atoms with Gasteiger partial charge in [-0.25, -0.2) is 4.98 Å². The second kappa shape index (κ2) is 8.73. The van der Waals surface area contributed by atoms with Crippen molar-refractivity contribution in [2.75, 3.05) is 17.2 Å². The predicted octanol–water partition coefficient (Wildman–Crippen LogP) is 3.36. The minimum absolute atomic E-state index is 0.138. The molecule has 3 heterocycles. The Morgan fingerprint density at radius 1 is 1.08 bits per heavy atom. The van der Waals surface area contributed by atoms with Crippen molar-refractivity contribution in [3.8, 4) is 0 Å². The fraction of sp³-hybridized carbons (Fsp3) is 0.214. The Labute approximate surface area is 220 Å². The monoisotopic (exact) mass is 524 g/mol. The molecule has 0 aliphatic carbocycles. The number of hydrogen-bond acceptors (Lipinski definition) is 8. The molecule has 3 unspecified atom stereocenters. The molecule has 7 rings (SSSR count). The molecule has 0 bridgehead atoms. The molecular weight excluding hydrogens is 500 g/mol. The molecule has 1 aliphatic heterocycles. The lowest BCUT2D eigenvalue weighted by Gasteiger charge is -2.17. The van der Waals surface area contributed by atoms with E-state index in [1.807, 2.05) is 48.5 Å². The fourth-order valence-electron chi connectivity index (χ4n) is 5.58. The molecule has 5 N–H and O–H groups in total. The SMILES string of the molecule is CC(=O)Nc1ccc2ccc3c(Nc4nc5c(ncn5C5CC(O)C(CO)O5)c(=O)[nH]4)ccc4ccc1c2c43. The van der Waals surface area contributed by atoms with Crippen LogP contribution in [0.15, 0.2) is 59.7 Å². The average molecular weight is 525 g/mol. The summed E-state index contributed by atoms with van der Waals surface area (Å²) in [5.74, 6) is 0.0851. The van der Waals surface area contributed by atoms with E-state index in [1.54, 1.807) is 4.57 Å². The van der Waals surface area contributed by atoms with E-state index in [0.717, 1.165) is 43.7 Å². The van der Waals surface area contributed by atoms with Gasteiger partial charge >= 0.3 is 0 Å². The molecule has 1 fully saturated rings. The summed E-state index contributed by atoms with van der Waals surface area (Å²) >= 11 is 0. The Morgan fingerprint density at radius 2 is 1.74 bits per heavy atom. The van der Waals surface area contributed by atoms with E-state index in [4.69, 9.17) is 4.74 Å². The number of aromatic nitrogens is 4. The van der Waals surface area contributed by atoms with Gasteiger partial charge in [0, 0.05) is 35.5 Å². The molecule has 39 heavy (non-hydrogen) atoms. The normalized spacial score (nSPS) is 19.5. The van der Waals surface area contributed by atoms with Crippen molar-refractivity contribution < 1.29 is 19.7 Å². The summed E-state index contributed by atoms with van der Waals surface area (Å²) in [5.41, 5.74) is 1.51. The van der Waals surface area contributed by atoms with Gasteiger partial charge < -0.3 is 25.6 Å². The number of aliphatic hydroxyl groups is 2. The molecule has 2 aromatic heterocycles. The standard InChI is InChI=1S/C28H24N6O5/c1-13(36)30-18-8-4-14-3-7-17-19(9-5-15-2-6-16(18)23(14)24(15)17)31-28-32-26-25(27(38)33-28)29-12-34(26)22-10-20(37)21(11-35)39-22/h2-9,12,20-22,35,37H,10-11H2,1H3,(H,30,36)(H2,31,32,33,38). The van der Waals surface area contributed by atoms with Crippen LogP contribution < -0.4 is 16.2 Å². The zero-order chi connectivity index (χ0) is 26.8. The number of amides is 1. The van der Waals surface area contributed by atoms with Crippen molar-refractivity contribution in [3.05, 3.63) is 65.2 Å². The van der Waals surface area contributed by atoms with Crippen LogP contribution in [0.2, 0.25) is 0 Å². The Bertz CT molecular complexity index is 1960. The molecule has 1 amide bonds. The van der Waals surface area contributed by atoms with E-state index in [1.165, 1.54) is 13.3 Å². The number of imidazole rings is 1. The number of hydrogen-bond donors (Lipinski definition) is 5. The molecule has 196 valence electrons. The number of carbonyl (C=O) groups excluding carboxylic acids is 1. The number of ether oxygens (including phenoxy) is 1. The number of nitrogens with one attached hydrogen (secondary N) is 3. The van der Waals surface area contributed by atoms with Crippen LogP contribution in [-0.4, -0.2) is 54.5 Å². The van der Waals surface area contributed by atoms with Crippen LogP contribution in [-0.2, 0) is 9.53 Å². The summed E-state index contributed by atoms with van der Waals surface area (Å²) in [6.45, 7) is 1.18. The van der Waals surface area contributed by atoms with E-state index in [9.17, 15) is 19.8 Å². The van der Waals surface area contributed by atoms with Crippen molar-refractivity contribution in [3.63, 3.8) is 0 Å². The smallest absolute Gasteiger partial charge is 0.280 e. The number of aliphatic hydroxyl groups excluding tert-OH is 2. The van der Waals surface area contributed by atoms with Gasteiger partial charge in [-0.05, 0) is 33.7 Å². The van der Waals surface area contributed by atoms with E-state index in [0.29, 0.717) is 5.65 Å². The number of fused-ring (bicyclic) bond motifs is 1. The molecule has 1 saturated heterocycles. The zero-order valence-corrected chi connectivity index (χ0v) is 20.8. The molecule has 11 heteroatoms. The third-order valence-corrected chi connectivity index (χ3v) is 7.36. The highest BCUT2D eigenvalue weighted by Crippen LogP contribution is 2.40. The summed E-state index contributed by atoms with van der Waals surface area (Å²) in [5, 5.41) is 31.8. The van der Waals surface area contributed by atoms with Crippen molar-refractivity contribution >= 4 is 66.7 Å². The van der Waals surface area contributed by atoms with Gasteiger partial charge in [-0.2, -0.15) is 4.98 Å². The highest BCUT2D eigenvalue weighted by Gasteiger charge is 2.35. The number of nitrogens with zero attached hydrogens (tertiary/aromatic N) is 3. The molecule has 4 aromatic carbocycles. The van der Waals surface area contributed by atoms with E-state index in [2.05, 4.69) is 25.6 Å². The first-order valence-corrected chi connectivity index (χ1v) is 12.6. The third-order valence-electron chi connectivity index (χ3n) is 7.36. The predicted molar refractivity (Wildman–Crippen MR) is 148 cm³/mol. The highest BCUT2D eigenvalue weighted by atomic mass is 16.5. The van der Waals surface area contributed by atoms with Gasteiger partial charge in [-0.15, -0.1) is 0 Å². The summed E-state index contributed by atoms with van der Waals surface area (Å²) in [6.07, 6.45) is -0.465. The van der Waals surface area contributed by atoms with Gasteiger partial charge in [0.1, 0.15) is 12.3 Å². The minimum Gasteiger partial charge on any atom is -0.394 e. The van der Waals surface area contributed by atoms with Gasteiger partial charge in [0.15, 0.2) is 11.2 Å². The first-order chi connectivity index (χ1) is 18.9. The molecule has 0 radical (unpaired) electrons. The van der Waals surface area contributed by atoms with Gasteiger partial charge in [-0.3, -0.25) is 19.1 Å². The van der Waals surface area contributed by atoms with Crippen LogP contribution in [0.1, 0.15) is 19.6 Å². The van der Waals surface area contributed by atoms with Crippen LogP contribution in [0.4, 0.5) is 17.3 Å². The van der Waals surface area contributed by atoms with Crippen LogP contribution in [0, 0.1) is 0 Å². The third kappa shape index (κ3) is 3.70. The summed E-state index contributed by atoms with van der Waals surface area (Å²) in [4.78, 5) is 36.3. The van der Waals surface area contributed by atoms with Crippen LogP contribution in [0.5, 0.6) is 0 Å². The van der Waals surface area contributed by atoms with Crippen molar-refractivity contribution in [1.82, 2.24) is 19.5 Å². The Hall–Kier alpha value is -4.58. The summed E-state index contributed by atoms with van der Waals surface area (Å²) < 4.78 is 7.35. The maximum Gasteiger partial charge on any atom is 0.280 e. The van der Waals surface area contributed by atoms with E-state index >= 15 is 0 Å². The first kappa shape index (κ1) is 23.5. The van der Waals surface area contributed by atoms with Crippen molar-refractivity contribution in [2.45, 2.75) is 31.8 Å². The molecule has 0 spiro atoms. The highest BCUT2D eigenvalue weighted by molar-refractivity contribution is 6.27. The Morgan fingerprint density at radius 3 is 2.41 bits per heavy atom. The Balaban J connectivity index is 1.34. The second-order valence-electron chi connectivity index (χ2n) is 9.81. The van der Waals surface area contributed by atoms with Gasteiger partial charge in [0.25, 0.3) is 5.56 Å². The maximum absolute atomic E-state index is 12.9. The van der Waals surface area contributed by atoms with Gasteiger partial charge in [-0.1, -0.05) is 36.4 Å². The van der Waals surface area contributed by atoms with E-state index < -0.39 is 24.0 Å². The second-order valence-corrected chi connectivity index (χ2v) is 9.81. The van der Waals surface area contributed by atoms with Crippen molar-refractivity contribution in [1.29, 1.82) is 0 Å².